The molecule has 3 amide bonds. The highest BCUT2D eigenvalue weighted by Gasteiger charge is 2.38. The van der Waals surface area contributed by atoms with Gasteiger partial charge in [-0.2, -0.15) is 11.8 Å². The lowest BCUT2D eigenvalue weighted by atomic mass is 10.1. The van der Waals surface area contributed by atoms with Crippen LogP contribution < -0.4 is 27.8 Å². The fourth-order valence-electron chi connectivity index (χ4n) is 3.30. The van der Waals surface area contributed by atoms with Gasteiger partial charge in [-0.15, -0.1) is 0 Å². The van der Waals surface area contributed by atoms with Gasteiger partial charge < -0.3 is 37.8 Å². The van der Waals surface area contributed by atoms with Crippen molar-refractivity contribution >= 4 is 41.4 Å². The van der Waals surface area contributed by atoms with Gasteiger partial charge in [-0.05, 0) is 51.0 Å². The molecule has 1 aliphatic rings. The van der Waals surface area contributed by atoms with E-state index >= 15 is 0 Å². The molecule has 1 rings (SSSR count). The van der Waals surface area contributed by atoms with Crippen LogP contribution in [0.5, 0.6) is 0 Å². The summed E-state index contributed by atoms with van der Waals surface area (Å²) in [5.74, 6) is -1.93. The van der Waals surface area contributed by atoms with E-state index in [1.54, 1.807) is 0 Å². The number of aliphatic imine (C=N–C) groups is 1. The van der Waals surface area contributed by atoms with E-state index in [2.05, 4.69) is 15.6 Å². The van der Waals surface area contributed by atoms with Gasteiger partial charge in [0.15, 0.2) is 5.96 Å². The molecule has 32 heavy (non-hydrogen) atoms. The average Bonchev–Trinajstić information content (AvgIpc) is 3.23. The summed E-state index contributed by atoms with van der Waals surface area (Å²) < 4.78 is 0. The van der Waals surface area contributed by atoms with Crippen LogP contribution in [0.4, 0.5) is 0 Å². The molecule has 1 saturated heterocycles. The molecule has 0 aromatic rings. The molecule has 0 spiro atoms. The maximum absolute atomic E-state index is 13.2. The Balaban J connectivity index is 2.79. The topological polar surface area (TPSA) is 206 Å². The van der Waals surface area contributed by atoms with Crippen molar-refractivity contribution in [3.63, 3.8) is 0 Å². The Labute approximate surface area is 192 Å². The second-order valence-electron chi connectivity index (χ2n) is 7.66. The molecule has 0 radical (unpaired) electrons. The van der Waals surface area contributed by atoms with Crippen molar-refractivity contribution < 1.29 is 24.3 Å². The second-order valence-corrected chi connectivity index (χ2v) is 8.64. The van der Waals surface area contributed by atoms with Crippen LogP contribution in [-0.2, 0) is 19.2 Å². The quantitative estimate of drug-likeness (QED) is 0.101. The van der Waals surface area contributed by atoms with Crippen molar-refractivity contribution in [3.8, 4) is 0 Å². The Morgan fingerprint density at radius 3 is 2.50 bits per heavy atom. The number of rotatable bonds is 13. The third-order valence-corrected chi connectivity index (χ3v) is 5.74. The average molecular weight is 474 g/mol. The van der Waals surface area contributed by atoms with Crippen LogP contribution in [-0.4, -0.2) is 88.9 Å². The second kappa shape index (κ2) is 13.8. The van der Waals surface area contributed by atoms with Crippen LogP contribution in [0.1, 0.15) is 39.0 Å². The zero-order valence-electron chi connectivity index (χ0n) is 18.6. The Bertz CT molecular complexity index is 702. The summed E-state index contributed by atoms with van der Waals surface area (Å²) in [6.45, 7) is 2.06. The zero-order valence-corrected chi connectivity index (χ0v) is 19.4. The molecule has 1 aliphatic heterocycles. The molecule has 4 unspecified atom stereocenters. The first-order valence-electron chi connectivity index (χ1n) is 10.5. The first-order valence-corrected chi connectivity index (χ1v) is 11.9. The van der Waals surface area contributed by atoms with Crippen molar-refractivity contribution in [1.29, 1.82) is 0 Å². The van der Waals surface area contributed by atoms with E-state index in [-0.39, 0.29) is 11.9 Å². The molecule has 9 N–H and O–H groups in total. The SMILES string of the molecule is CSCCC(NC(=O)C(N)CCCN=C(N)N)C(=O)N1CCCC1C(=O)NC(C)C(=O)O. The zero-order chi connectivity index (χ0) is 24.3. The Kier molecular flexibility index (Phi) is 11.8. The molecule has 0 aliphatic carbocycles. The Morgan fingerprint density at radius 2 is 1.91 bits per heavy atom. The van der Waals surface area contributed by atoms with Crippen LogP contribution in [0.15, 0.2) is 4.99 Å². The number of hydrogen-bond donors (Lipinski definition) is 6. The molecule has 13 heteroatoms. The molecule has 0 aromatic carbocycles. The minimum Gasteiger partial charge on any atom is -0.480 e. The number of carboxylic acids is 1. The minimum absolute atomic E-state index is 0.0345. The van der Waals surface area contributed by atoms with Gasteiger partial charge >= 0.3 is 5.97 Å². The van der Waals surface area contributed by atoms with Crippen LogP contribution in [0, 0.1) is 0 Å². The van der Waals surface area contributed by atoms with Crippen LogP contribution in [0.2, 0.25) is 0 Å². The highest BCUT2D eigenvalue weighted by Crippen LogP contribution is 2.20. The van der Waals surface area contributed by atoms with Crippen LogP contribution in [0.3, 0.4) is 0 Å². The number of thioether (sulfide) groups is 1. The van der Waals surface area contributed by atoms with Crippen molar-refractivity contribution in [1.82, 2.24) is 15.5 Å². The Morgan fingerprint density at radius 1 is 1.22 bits per heavy atom. The van der Waals surface area contributed by atoms with Crippen LogP contribution >= 0.6 is 11.8 Å². The number of guanidine groups is 1. The first kappa shape index (κ1) is 27.5. The van der Waals surface area contributed by atoms with Crippen molar-refractivity contribution in [2.45, 2.75) is 63.2 Å². The maximum atomic E-state index is 13.2. The number of likely N-dealkylation sites (tertiary alicyclic amines) is 1. The monoisotopic (exact) mass is 473 g/mol. The molecular formula is C19H35N7O5S. The summed E-state index contributed by atoms with van der Waals surface area (Å²) in [7, 11) is 0. The molecule has 1 fully saturated rings. The van der Waals surface area contributed by atoms with E-state index in [1.165, 1.54) is 23.6 Å². The van der Waals surface area contributed by atoms with E-state index in [0.717, 1.165) is 0 Å². The number of hydrogen-bond acceptors (Lipinski definition) is 7. The minimum atomic E-state index is -1.16. The molecule has 182 valence electrons. The third-order valence-electron chi connectivity index (χ3n) is 5.10. The number of carbonyl (C=O) groups is 4. The summed E-state index contributed by atoms with van der Waals surface area (Å²) in [5.41, 5.74) is 16.5. The van der Waals surface area contributed by atoms with Gasteiger partial charge in [-0.3, -0.25) is 24.2 Å². The standard InChI is InChI=1S/C19H35N7O5S/c1-11(18(30)31)24-16(28)14-6-4-9-26(14)17(29)13(7-10-32-2)25-15(27)12(20)5-3-8-23-19(21)22/h11-14H,3-10,20H2,1-2H3,(H,24,28)(H,25,27)(H,30,31)(H4,21,22,23). The van der Waals surface area contributed by atoms with Crippen molar-refractivity contribution in [2.75, 3.05) is 25.1 Å². The van der Waals surface area contributed by atoms with Crippen molar-refractivity contribution in [3.05, 3.63) is 0 Å². The molecular weight excluding hydrogens is 438 g/mol. The number of nitrogens with one attached hydrogen (secondary N) is 2. The normalized spacial score (nSPS) is 18.3. The summed E-state index contributed by atoms with van der Waals surface area (Å²) >= 11 is 1.53. The highest BCUT2D eigenvalue weighted by atomic mass is 32.2. The molecule has 0 bridgehead atoms. The smallest absolute Gasteiger partial charge is 0.325 e. The molecule has 1 heterocycles. The van der Waals surface area contributed by atoms with Gasteiger partial charge in [0.1, 0.15) is 18.1 Å². The molecule has 0 saturated carbocycles. The van der Waals surface area contributed by atoms with Gasteiger partial charge in [-0.1, -0.05) is 0 Å². The predicted octanol–water partition coefficient (Wildman–Crippen LogP) is -1.81. The summed E-state index contributed by atoms with van der Waals surface area (Å²) in [6, 6.07) is -3.50. The van der Waals surface area contributed by atoms with Gasteiger partial charge in [-0.25, -0.2) is 0 Å². The third kappa shape index (κ3) is 8.91. The van der Waals surface area contributed by atoms with Gasteiger partial charge in [0.2, 0.25) is 17.7 Å². The highest BCUT2D eigenvalue weighted by molar-refractivity contribution is 7.98. The predicted molar refractivity (Wildman–Crippen MR) is 123 cm³/mol. The Hall–Kier alpha value is -2.54. The number of nitrogens with two attached hydrogens (primary N) is 3. The van der Waals surface area contributed by atoms with Crippen LogP contribution in [0.25, 0.3) is 0 Å². The van der Waals surface area contributed by atoms with E-state index in [1.807, 2.05) is 6.26 Å². The molecule has 12 nitrogen and oxygen atoms in total. The van der Waals surface area contributed by atoms with Gasteiger partial charge in [0.05, 0.1) is 6.04 Å². The molecule has 4 atom stereocenters. The lowest BCUT2D eigenvalue weighted by Crippen LogP contribution is -2.56. The number of carbonyl (C=O) groups excluding carboxylic acids is 3. The summed E-state index contributed by atoms with van der Waals surface area (Å²) in [6.07, 6.45) is 4.15. The van der Waals surface area contributed by atoms with E-state index in [9.17, 15) is 19.2 Å². The number of amides is 3. The first-order chi connectivity index (χ1) is 15.1. The fraction of sp³-hybridized carbons (Fsp3) is 0.737. The van der Waals surface area contributed by atoms with E-state index in [0.29, 0.717) is 50.9 Å². The van der Waals surface area contributed by atoms with Gasteiger partial charge in [0.25, 0.3) is 0 Å². The van der Waals surface area contributed by atoms with Crippen molar-refractivity contribution in [2.24, 2.45) is 22.2 Å². The molecule has 0 aromatic heterocycles. The maximum Gasteiger partial charge on any atom is 0.325 e. The summed E-state index contributed by atoms with van der Waals surface area (Å²) in [4.78, 5) is 54.6. The summed E-state index contributed by atoms with van der Waals surface area (Å²) in [5, 5.41) is 14.1. The number of aliphatic carboxylic acids is 1. The lowest BCUT2D eigenvalue weighted by Gasteiger charge is -2.29. The fourth-order valence-corrected chi connectivity index (χ4v) is 3.77. The van der Waals surface area contributed by atoms with Gasteiger partial charge in [0, 0.05) is 13.1 Å². The number of nitrogens with zero attached hydrogens (tertiary/aromatic N) is 2. The largest absolute Gasteiger partial charge is 0.480 e. The van der Waals surface area contributed by atoms with E-state index < -0.39 is 42.0 Å². The number of carboxylic acid groups (broad SMARTS) is 1. The lowest BCUT2D eigenvalue weighted by molar-refractivity contribution is -0.144. The van der Waals surface area contributed by atoms with E-state index in [4.69, 9.17) is 22.3 Å².